The van der Waals surface area contributed by atoms with Crippen molar-refractivity contribution in [3.63, 3.8) is 0 Å². The number of hydrogen-bond acceptors (Lipinski definition) is 2. The first-order chi connectivity index (χ1) is 13.2. The van der Waals surface area contributed by atoms with E-state index in [1.54, 1.807) is 0 Å². The Hall–Kier alpha value is -1.08. The van der Waals surface area contributed by atoms with Gasteiger partial charge in [0.2, 0.25) is 0 Å². The van der Waals surface area contributed by atoms with Gasteiger partial charge in [0.15, 0.2) is 8.32 Å². The minimum absolute atomic E-state index is 0.208. The van der Waals surface area contributed by atoms with Gasteiger partial charge in [0.05, 0.1) is 6.61 Å². The highest BCUT2D eigenvalue weighted by Gasteiger charge is 2.36. The Morgan fingerprint density at radius 3 is 2.41 bits per heavy atom. The van der Waals surface area contributed by atoms with Crippen LogP contribution in [0.2, 0.25) is 18.1 Å². The van der Waals surface area contributed by atoms with E-state index in [4.69, 9.17) is 4.43 Å². The van der Waals surface area contributed by atoms with E-state index in [9.17, 15) is 5.11 Å². The molecule has 0 spiro atoms. The van der Waals surface area contributed by atoms with E-state index in [-0.39, 0.29) is 10.5 Å². The highest BCUT2D eigenvalue weighted by atomic mass is 28.4. The summed E-state index contributed by atoms with van der Waals surface area (Å²) in [6.07, 6.45) is 8.11. The average molecular weight is 417 g/mol. The summed E-state index contributed by atoms with van der Waals surface area (Å²) in [7, 11) is -1.73. The lowest BCUT2D eigenvalue weighted by Crippen LogP contribution is -2.40. The molecule has 1 N–H and O–H groups in total. The molecule has 1 aliphatic carbocycles. The molecule has 0 amide bonds. The van der Waals surface area contributed by atoms with E-state index in [1.807, 2.05) is 19.9 Å². The van der Waals surface area contributed by atoms with Crippen molar-refractivity contribution in [2.24, 2.45) is 5.41 Å². The normalized spacial score (nSPS) is 19.7. The van der Waals surface area contributed by atoms with Crippen molar-refractivity contribution in [3.8, 4) is 11.8 Å². The summed E-state index contributed by atoms with van der Waals surface area (Å²) in [4.78, 5) is 0. The lowest BCUT2D eigenvalue weighted by molar-refractivity contribution is 0.267. The van der Waals surface area contributed by atoms with E-state index >= 15 is 0 Å². The third-order valence-electron chi connectivity index (χ3n) is 6.79. The Balaban J connectivity index is 2.70. The Morgan fingerprint density at radius 2 is 1.86 bits per heavy atom. The zero-order valence-electron chi connectivity index (χ0n) is 20.6. The Morgan fingerprint density at radius 1 is 1.24 bits per heavy atom. The van der Waals surface area contributed by atoms with Crippen LogP contribution in [0.25, 0.3) is 0 Å². The monoisotopic (exact) mass is 416 g/mol. The summed E-state index contributed by atoms with van der Waals surface area (Å²) in [5.41, 5.74) is 5.19. The van der Waals surface area contributed by atoms with Gasteiger partial charge in [-0.15, -0.1) is 0 Å². The first-order valence-corrected chi connectivity index (χ1v) is 13.9. The predicted octanol–water partition coefficient (Wildman–Crippen LogP) is 7.18. The summed E-state index contributed by atoms with van der Waals surface area (Å²) in [5.74, 6) is 6.08. The molecule has 2 nitrogen and oxygen atoms in total. The molecule has 0 aliphatic heterocycles. The Bertz CT molecular complexity index is 718. The van der Waals surface area contributed by atoms with Crippen molar-refractivity contribution in [1.82, 2.24) is 0 Å². The molecule has 1 rings (SSSR count). The van der Waals surface area contributed by atoms with Gasteiger partial charge in [0.1, 0.15) is 6.10 Å². The maximum absolute atomic E-state index is 10.4. The second kappa shape index (κ2) is 10.3. The molecule has 0 heterocycles. The number of hydrogen-bond donors (Lipinski definition) is 1. The van der Waals surface area contributed by atoms with E-state index < -0.39 is 14.4 Å². The molecular formula is C26H44O2Si. The third-order valence-corrected chi connectivity index (χ3v) is 11.3. The highest BCUT2D eigenvalue weighted by Crippen LogP contribution is 2.42. The number of aliphatic hydroxyl groups excluding tert-OH is 1. The summed E-state index contributed by atoms with van der Waals surface area (Å²) >= 11 is 0. The largest absolute Gasteiger partial charge is 0.413 e. The van der Waals surface area contributed by atoms with E-state index in [2.05, 4.69) is 72.6 Å². The SMILES string of the molecule is CC1=C(C/C=C(\C)C(O)C#C/C(C)=C/CO[Si](C)(C)C(C)(C)C)C(C)(C)CCC1. The first kappa shape index (κ1) is 26.0. The Kier molecular flexibility index (Phi) is 9.21. The van der Waals surface area contributed by atoms with Gasteiger partial charge in [-0.3, -0.25) is 0 Å². The fourth-order valence-corrected chi connectivity index (χ4v) is 4.37. The van der Waals surface area contributed by atoms with Crippen molar-refractivity contribution < 1.29 is 9.53 Å². The summed E-state index contributed by atoms with van der Waals surface area (Å²) in [6, 6.07) is 0. The van der Waals surface area contributed by atoms with Crippen LogP contribution in [0.5, 0.6) is 0 Å². The molecular weight excluding hydrogens is 372 g/mol. The molecule has 29 heavy (non-hydrogen) atoms. The fourth-order valence-electron chi connectivity index (χ4n) is 3.44. The molecule has 164 valence electrons. The molecule has 1 aliphatic rings. The van der Waals surface area contributed by atoms with Crippen LogP contribution in [0.3, 0.4) is 0 Å². The van der Waals surface area contributed by atoms with Gasteiger partial charge in [-0.2, -0.15) is 0 Å². The number of allylic oxidation sites excluding steroid dienone is 4. The molecule has 1 unspecified atom stereocenters. The Labute approximate surface area is 181 Å². The van der Waals surface area contributed by atoms with Crippen molar-refractivity contribution in [1.29, 1.82) is 0 Å². The number of aliphatic hydroxyl groups is 1. The molecule has 0 saturated carbocycles. The maximum atomic E-state index is 10.4. The van der Waals surface area contributed by atoms with Crippen LogP contribution in [-0.2, 0) is 4.43 Å². The molecule has 0 aromatic heterocycles. The van der Waals surface area contributed by atoms with Gasteiger partial charge in [-0.1, -0.05) is 63.7 Å². The van der Waals surface area contributed by atoms with Gasteiger partial charge in [0.25, 0.3) is 0 Å². The summed E-state index contributed by atoms with van der Waals surface area (Å²) < 4.78 is 6.17. The zero-order valence-corrected chi connectivity index (χ0v) is 21.6. The molecule has 0 saturated heterocycles. The standard InChI is InChI=1S/C26H44O2Si/c1-20(17-19-28-29(9,10)25(4,5)6)13-16-24(27)22(3)14-15-23-21(2)12-11-18-26(23,7)8/h14,17,24,27H,11-12,15,18-19H2,1-10H3/b20-17+,22-14+. The second-order valence-electron chi connectivity index (χ2n) is 10.8. The van der Waals surface area contributed by atoms with Crippen molar-refractivity contribution in [3.05, 3.63) is 34.4 Å². The van der Waals surface area contributed by atoms with E-state index in [0.29, 0.717) is 6.61 Å². The second-order valence-corrected chi connectivity index (χ2v) is 15.6. The van der Waals surface area contributed by atoms with Crippen molar-refractivity contribution >= 4 is 8.32 Å². The first-order valence-electron chi connectivity index (χ1n) is 11.0. The molecule has 0 radical (unpaired) electrons. The van der Waals surface area contributed by atoms with E-state index in [0.717, 1.165) is 17.6 Å². The quantitative estimate of drug-likeness (QED) is 0.282. The van der Waals surface area contributed by atoms with Crippen LogP contribution in [0.1, 0.15) is 81.1 Å². The average Bonchev–Trinajstić information content (AvgIpc) is 2.57. The highest BCUT2D eigenvalue weighted by molar-refractivity contribution is 6.74. The molecule has 0 bridgehead atoms. The van der Waals surface area contributed by atoms with Crippen LogP contribution >= 0.6 is 0 Å². The molecule has 0 aromatic rings. The maximum Gasteiger partial charge on any atom is 0.192 e. The van der Waals surface area contributed by atoms with Crippen molar-refractivity contribution in [2.45, 2.75) is 105 Å². The van der Waals surface area contributed by atoms with Crippen LogP contribution in [-0.4, -0.2) is 26.1 Å². The van der Waals surface area contributed by atoms with Gasteiger partial charge in [-0.05, 0) is 87.2 Å². The fraction of sp³-hybridized carbons (Fsp3) is 0.692. The number of rotatable bonds is 6. The lowest BCUT2D eigenvalue weighted by atomic mass is 9.71. The topological polar surface area (TPSA) is 29.5 Å². The van der Waals surface area contributed by atoms with Gasteiger partial charge in [0, 0.05) is 0 Å². The van der Waals surface area contributed by atoms with Gasteiger partial charge >= 0.3 is 0 Å². The lowest BCUT2D eigenvalue weighted by Gasteiger charge is -2.35. The van der Waals surface area contributed by atoms with E-state index in [1.165, 1.54) is 30.4 Å². The van der Waals surface area contributed by atoms with Crippen LogP contribution in [0, 0.1) is 17.3 Å². The zero-order chi connectivity index (χ0) is 22.5. The van der Waals surface area contributed by atoms with Crippen LogP contribution < -0.4 is 0 Å². The van der Waals surface area contributed by atoms with Crippen LogP contribution in [0.15, 0.2) is 34.4 Å². The molecule has 1 atom stereocenters. The summed E-state index contributed by atoms with van der Waals surface area (Å²) in [5, 5.41) is 10.7. The third kappa shape index (κ3) is 7.93. The van der Waals surface area contributed by atoms with Crippen molar-refractivity contribution in [2.75, 3.05) is 6.61 Å². The smallest absolute Gasteiger partial charge is 0.192 e. The molecule has 3 heteroatoms. The van der Waals surface area contributed by atoms with Gasteiger partial charge < -0.3 is 9.53 Å². The van der Waals surface area contributed by atoms with Crippen LogP contribution in [0.4, 0.5) is 0 Å². The van der Waals surface area contributed by atoms with Gasteiger partial charge in [-0.25, -0.2) is 0 Å². The summed E-state index contributed by atoms with van der Waals surface area (Å²) in [6.45, 7) is 22.7. The minimum atomic E-state index is -1.73. The molecule has 0 aromatic carbocycles. The minimum Gasteiger partial charge on any atom is -0.413 e. The predicted molar refractivity (Wildman–Crippen MR) is 129 cm³/mol. The molecule has 0 fully saturated rings.